The number of carbonyl (C=O) groups is 1. The van der Waals surface area contributed by atoms with E-state index in [-0.39, 0.29) is 17.8 Å². The minimum absolute atomic E-state index is 0.107. The van der Waals surface area contributed by atoms with Gasteiger partial charge in [-0.05, 0) is 24.1 Å². The minimum Gasteiger partial charge on any atom is -0.469 e. The van der Waals surface area contributed by atoms with Crippen LogP contribution in [-0.4, -0.2) is 26.2 Å². The number of benzene rings is 1. The molecule has 2 unspecified atom stereocenters. The molecule has 1 fully saturated rings. The van der Waals surface area contributed by atoms with Gasteiger partial charge in [0.15, 0.2) is 0 Å². The maximum absolute atomic E-state index is 11.7. The van der Waals surface area contributed by atoms with Gasteiger partial charge in [-0.25, -0.2) is 0 Å². The number of rotatable bonds is 2. The zero-order chi connectivity index (χ0) is 12.4. The average molecular weight is 254 g/mol. The summed E-state index contributed by atoms with van der Waals surface area (Å²) in [7, 11) is 1.43. The van der Waals surface area contributed by atoms with Crippen LogP contribution in [0, 0.1) is 12.8 Å². The van der Waals surface area contributed by atoms with Gasteiger partial charge in [0, 0.05) is 24.0 Å². The van der Waals surface area contributed by atoms with Crippen molar-refractivity contribution in [2.24, 2.45) is 5.92 Å². The molecule has 1 aromatic rings. The minimum atomic E-state index is -0.170. The molecule has 1 aliphatic rings. The Morgan fingerprint density at radius 3 is 2.88 bits per heavy atom. The fourth-order valence-corrected chi connectivity index (χ4v) is 2.71. The Kier molecular flexibility index (Phi) is 3.69. The quantitative estimate of drug-likeness (QED) is 0.821. The molecule has 0 aromatic heterocycles. The van der Waals surface area contributed by atoms with Gasteiger partial charge in [0.2, 0.25) is 0 Å². The third-order valence-electron chi connectivity index (χ3n) is 3.27. The first kappa shape index (κ1) is 12.4. The summed E-state index contributed by atoms with van der Waals surface area (Å²) in [6.07, 6.45) is 0. The number of halogens is 1. The van der Waals surface area contributed by atoms with Crippen LogP contribution in [0.3, 0.4) is 0 Å². The van der Waals surface area contributed by atoms with Gasteiger partial charge in [-0.2, -0.15) is 0 Å². The third kappa shape index (κ3) is 2.45. The highest BCUT2D eigenvalue weighted by Gasteiger charge is 2.35. The lowest BCUT2D eigenvalue weighted by Gasteiger charge is -2.18. The van der Waals surface area contributed by atoms with Crippen LogP contribution in [0.2, 0.25) is 5.02 Å². The van der Waals surface area contributed by atoms with E-state index in [0.29, 0.717) is 6.54 Å². The van der Waals surface area contributed by atoms with E-state index in [4.69, 9.17) is 16.3 Å². The summed E-state index contributed by atoms with van der Waals surface area (Å²) < 4.78 is 4.83. The highest BCUT2D eigenvalue weighted by molar-refractivity contribution is 6.31. The Hall–Kier alpha value is -1.06. The molecule has 1 aliphatic heterocycles. The van der Waals surface area contributed by atoms with Crippen molar-refractivity contribution < 1.29 is 9.53 Å². The first-order chi connectivity index (χ1) is 8.13. The molecule has 3 nitrogen and oxygen atoms in total. The second-order valence-electron chi connectivity index (χ2n) is 4.42. The van der Waals surface area contributed by atoms with Gasteiger partial charge in [-0.1, -0.05) is 23.7 Å². The summed E-state index contributed by atoms with van der Waals surface area (Å²) in [4.78, 5) is 11.7. The summed E-state index contributed by atoms with van der Waals surface area (Å²) in [5.74, 6) is -0.201. The molecule has 4 heteroatoms. The monoisotopic (exact) mass is 253 g/mol. The number of nitrogens with one attached hydrogen (secondary N) is 1. The van der Waals surface area contributed by atoms with Crippen LogP contribution in [0.15, 0.2) is 18.2 Å². The molecule has 1 aromatic carbocycles. The highest BCUT2D eigenvalue weighted by atomic mass is 35.5. The fraction of sp³-hybridized carbons (Fsp3) is 0.462. The second-order valence-corrected chi connectivity index (χ2v) is 4.83. The van der Waals surface area contributed by atoms with Crippen molar-refractivity contribution >= 4 is 17.6 Å². The number of aryl methyl sites for hydroxylation is 1. The van der Waals surface area contributed by atoms with Crippen LogP contribution in [0.4, 0.5) is 0 Å². The highest BCUT2D eigenvalue weighted by Crippen LogP contribution is 2.33. The first-order valence-electron chi connectivity index (χ1n) is 5.68. The largest absolute Gasteiger partial charge is 0.469 e. The van der Waals surface area contributed by atoms with Gasteiger partial charge >= 0.3 is 5.97 Å². The van der Waals surface area contributed by atoms with Crippen molar-refractivity contribution in [2.45, 2.75) is 12.8 Å². The molecular weight excluding hydrogens is 238 g/mol. The molecule has 92 valence electrons. The predicted octanol–water partition coefficient (Wildman–Crippen LogP) is 2.12. The molecule has 0 bridgehead atoms. The van der Waals surface area contributed by atoms with Crippen molar-refractivity contribution in [2.75, 3.05) is 20.2 Å². The van der Waals surface area contributed by atoms with E-state index < -0.39 is 0 Å². The number of ether oxygens (including phenoxy) is 1. The maximum atomic E-state index is 11.7. The lowest BCUT2D eigenvalue weighted by Crippen LogP contribution is -2.23. The van der Waals surface area contributed by atoms with Crippen LogP contribution in [0.5, 0.6) is 0 Å². The molecule has 0 amide bonds. The molecule has 17 heavy (non-hydrogen) atoms. The lowest BCUT2D eigenvalue weighted by atomic mass is 9.88. The number of hydrogen-bond acceptors (Lipinski definition) is 3. The summed E-state index contributed by atoms with van der Waals surface area (Å²) in [6, 6.07) is 5.96. The molecule has 1 heterocycles. The fourth-order valence-electron chi connectivity index (χ4n) is 2.34. The SMILES string of the molecule is COC(=O)C1CNCC1c1ccc(C)cc1Cl. The summed E-state index contributed by atoms with van der Waals surface area (Å²) in [5.41, 5.74) is 2.15. The van der Waals surface area contributed by atoms with E-state index in [0.717, 1.165) is 22.7 Å². The number of carbonyl (C=O) groups excluding carboxylic acids is 1. The number of methoxy groups -OCH3 is 1. The van der Waals surface area contributed by atoms with Crippen LogP contribution in [0.1, 0.15) is 17.0 Å². The van der Waals surface area contributed by atoms with E-state index >= 15 is 0 Å². The Bertz CT molecular complexity index is 433. The van der Waals surface area contributed by atoms with Crippen LogP contribution >= 0.6 is 11.6 Å². The van der Waals surface area contributed by atoms with Crippen molar-refractivity contribution in [1.82, 2.24) is 5.32 Å². The molecule has 0 spiro atoms. The standard InChI is InChI=1S/C13H16ClNO2/c1-8-3-4-9(12(14)5-8)10-6-15-7-11(10)13(16)17-2/h3-5,10-11,15H,6-7H2,1-2H3. The average Bonchev–Trinajstić information content (AvgIpc) is 2.77. The van der Waals surface area contributed by atoms with E-state index in [1.165, 1.54) is 7.11 Å². The molecule has 1 N–H and O–H groups in total. The van der Waals surface area contributed by atoms with E-state index in [9.17, 15) is 4.79 Å². The summed E-state index contributed by atoms with van der Waals surface area (Å²) in [6.45, 7) is 3.42. The van der Waals surface area contributed by atoms with Crippen molar-refractivity contribution in [3.05, 3.63) is 34.3 Å². The van der Waals surface area contributed by atoms with Crippen LogP contribution in [0.25, 0.3) is 0 Å². The van der Waals surface area contributed by atoms with Gasteiger partial charge in [0.25, 0.3) is 0 Å². The predicted molar refractivity (Wildman–Crippen MR) is 67.3 cm³/mol. The Morgan fingerprint density at radius 1 is 1.47 bits per heavy atom. The second kappa shape index (κ2) is 5.07. The first-order valence-corrected chi connectivity index (χ1v) is 6.06. The Balaban J connectivity index is 2.29. The summed E-state index contributed by atoms with van der Waals surface area (Å²) in [5, 5.41) is 3.95. The summed E-state index contributed by atoms with van der Waals surface area (Å²) >= 11 is 6.24. The zero-order valence-corrected chi connectivity index (χ0v) is 10.8. The lowest BCUT2D eigenvalue weighted by molar-refractivity contribution is -0.145. The number of esters is 1. The van der Waals surface area contributed by atoms with E-state index in [1.807, 2.05) is 25.1 Å². The molecule has 1 saturated heterocycles. The van der Waals surface area contributed by atoms with Crippen molar-refractivity contribution in [3.63, 3.8) is 0 Å². The molecule has 0 saturated carbocycles. The van der Waals surface area contributed by atoms with E-state index in [1.54, 1.807) is 0 Å². The maximum Gasteiger partial charge on any atom is 0.310 e. The topological polar surface area (TPSA) is 38.3 Å². The molecule has 2 atom stereocenters. The van der Waals surface area contributed by atoms with Gasteiger partial charge in [-0.3, -0.25) is 4.79 Å². The molecule has 0 radical (unpaired) electrons. The Labute approximate surface area is 106 Å². The van der Waals surface area contributed by atoms with E-state index in [2.05, 4.69) is 5.32 Å². The normalized spacial score (nSPS) is 23.7. The smallest absolute Gasteiger partial charge is 0.310 e. The molecule has 2 rings (SSSR count). The van der Waals surface area contributed by atoms with Crippen LogP contribution < -0.4 is 5.32 Å². The third-order valence-corrected chi connectivity index (χ3v) is 3.60. The number of hydrogen-bond donors (Lipinski definition) is 1. The Morgan fingerprint density at radius 2 is 2.24 bits per heavy atom. The van der Waals surface area contributed by atoms with Gasteiger partial charge in [0.05, 0.1) is 13.0 Å². The van der Waals surface area contributed by atoms with Crippen LogP contribution in [-0.2, 0) is 9.53 Å². The van der Waals surface area contributed by atoms with Gasteiger partial charge in [0.1, 0.15) is 0 Å². The molecule has 0 aliphatic carbocycles. The molecular formula is C13H16ClNO2. The van der Waals surface area contributed by atoms with Gasteiger partial charge in [-0.15, -0.1) is 0 Å². The zero-order valence-electron chi connectivity index (χ0n) is 10.00. The van der Waals surface area contributed by atoms with Crippen molar-refractivity contribution in [1.29, 1.82) is 0 Å². The van der Waals surface area contributed by atoms with Crippen molar-refractivity contribution in [3.8, 4) is 0 Å². The van der Waals surface area contributed by atoms with Gasteiger partial charge < -0.3 is 10.1 Å².